The molecule has 6 saturated heterocycles. The van der Waals surface area contributed by atoms with E-state index in [0.717, 1.165) is 73.5 Å². The average molecular weight is 1490 g/mol. The maximum absolute atomic E-state index is 14.2. The molecule has 0 saturated carbocycles. The van der Waals surface area contributed by atoms with Crippen molar-refractivity contribution in [3.63, 3.8) is 0 Å². The van der Waals surface area contributed by atoms with Crippen LogP contribution in [0.3, 0.4) is 0 Å². The van der Waals surface area contributed by atoms with Crippen LogP contribution in [-0.4, -0.2) is 255 Å². The van der Waals surface area contributed by atoms with Crippen LogP contribution in [0.4, 0.5) is 17.1 Å². The van der Waals surface area contributed by atoms with E-state index < -0.39 is 46.7 Å². The Morgan fingerprint density at radius 3 is 1.61 bits per heavy atom. The molecule has 22 nitrogen and oxygen atoms in total. The quantitative estimate of drug-likeness (QED) is 0.0149. The SMILES string of the molecule is CCCCN1C(=CC=CC=CC=CC2=[N+](CCCS(=O)(=O)O)c3ccc(S(=O)(=O)N(C)CCCC(=O)NCC(=O)Nc4ccc(CC[N+]56CC[N+](C)(CC5)CC6)cc4)cc3C2(C)C)C(C)(C)c2cc(S(=O)(=O)N(C)CCCC(=O)NCC(=O)Cc3ccc(CC[N+]45CC[N+](C)(CC4)CC5)cc3)ccc21. The van der Waals surface area contributed by atoms with E-state index in [1.807, 2.05) is 103 Å². The zero-order valence-corrected chi connectivity index (χ0v) is 65.3. The summed E-state index contributed by atoms with van der Waals surface area (Å²) in [5, 5.41) is 8.25. The van der Waals surface area contributed by atoms with Gasteiger partial charge in [-0.25, -0.2) is 25.4 Å². The van der Waals surface area contributed by atoms with Crippen LogP contribution >= 0.6 is 0 Å². The molecule has 8 aliphatic rings. The minimum absolute atomic E-state index is 0.000111. The smallest absolute Gasteiger partial charge is 0.265 e. The third-order valence-electron chi connectivity index (χ3n) is 23.4. The second kappa shape index (κ2) is 33.0. The van der Waals surface area contributed by atoms with E-state index in [4.69, 9.17) is 0 Å². The molecule has 0 aliphatic carbocycles. The highest BCUT2D eigenvalue weighted by Crippen LogP contribution is 2.49. The summed E-state index contributed by atoms with van der Waals surface area (Å²) in [6.45, 7) is 28.2. The number of amides is 3. The first kappa shape index (κ1) is 79.5. The largest absolute Gasteiger partial charge is 0.349 e. The molecule has 3 amide bonds. The van der Waals surface area contributed by atoms with E-state index >= 15 is 0 Å². The molecule has 0 radical (unpaired) electrons. The Bertz CT molecular complexity index is 4290. The number of ketones is 1. The predicted octanol–water partition coefficient (Wildman–Crippen LogP) is 7.64. The average Bonchev–Trinajstić information content (AvgIpc) is 1.58. The topological polar surface area (TPSA) is 240 Å². The van der Waals surface area contributed by atoms with Crippen molar-refractivity contribution in [2.75, 3.05) is 175 Å². The molecule has 4 bridgehead atoms. The van der Waals surface area contributed by atoms with Gasteiger partial charge < -0.3 is 38.8 Å². The molecule has 8 heterocycles. The third-order valence-corrected chi connectivity index (χ3v) is 27.9. The summed E-state index contributed by atoms with van der Waals surface area (Å²) >= 11 is 0. The minimum Gasteiger partial charge on any atom is -0.349 e. The van der Waals surface area contributed by atoms with Crippen molar-refractivity contribution >= 4 is 76.4 Å². The van der Waals surface area contributed by atoms with Crippen molar-refractivity contribution in [3.05, 3.63) is 161 Å². The number of fused-ring (bicyclic) bond motifs is 8. The van der Waals surface area contributed by atoms with Gasteiger partial charge in [-0.05, 0) is 104 Å². The number of sulfonamides is 2. The van der Waals surface area contributed by atoms with Gasteiger partial charge in [0.1, 0.15) is 85.1 Å². The number of quaternary nitrogens is 4. The third kappa shape index (κ3) is 19.4. The number of likely N-dealkylation sites (N-methyl/N-ethyl adjacent to an activating group) is 2. The Morgan fingerprint density at radius 1 is 0.577 bits per heavy atom. The molecule has 25 heteroatoms. The lowest BCUT2D eigenvalue weighted by atomic mass is 9.81. The summed E-state index contributed by atoms with van der Waals surface area (Å²) in [5.74, 6) is -1.61. The zero-order chi connectivity index (χ0) is 74.9. The number of carbonyl (C=O) groups is 4. The number of unbranched alkanes of at least 4 members (excludes halogenated alkanes) is 1. The molecule has 564 valence electrons. The second-order valence-corrected chi connectivity index (χ2v) is 37.4. The van der Waals surface area contributed by atoms with Crippen molar-refractivity contribution in [1.29, 1.82) is 0 Å². The van der Waals surface area contributed by atoms with Crippen LogP contribution in [0.1, 0.15) is 107 Å². The maximum atomic E-state index is 14.2. The minimum atomic E-state index is -4.27. The highest BCUT2D eigenvalue weighted by molar-refractivity contribution is 7.89. The molecule has 104 heavy (non-hydrogen) atoms. The number of hydrogen-bond acceptors (Lipinski definition) is 11. The van der Waals surface area contributed by atoms with Gasteiger partial charge in [-0.15, -0.1) is 0 Å². The first-order valence-electron chi connectivity index (χ1n) is 37.4. The van der Waals surface area contributed by atoms with E-state index in [2.05, 4.69) is 67.8 Å². The van der Waals surface area contributed by atoms with Gasteiger partial charge in [0.15, 0.2) is 11.5 Å². The monoisotopic (exact) mass is 1490 g/mol. The number of benzene rings is 4. The molecule has 4 aromatic carbocycles. The van der Waals surface area contributed by atoms with Crippen LogP contribution in [0.2, 0.25) is 0 Å². The molecular weight excluding hydrogens is 1380 g/mol. The molecule has 12 rings (SSSR count). The zero-order valence-electron chi connectivity index (χ0n) is 62.9. The summed E-state index contributed by atoms with van der Waals surface area (Å²) < 4.78 is 99.4. The number of hydrogen-bond donors (Lipinski definition) is 4. The number of anilines is 2. The van der Waals surface area contributed by atoms with Gasteiger partial charge in [0.25, 0.3) is 10.1 Å². The summed E-state index contributed by atoms with van der Waals surface area (Å²) in [6, 6.07) is 26.3. The maximum Gasteiger partial charge on any atom is 0.265 e. The van der Waals surface area contributed by atoms with Crippen LogP contribution in [0.25, 0.3) is 0 Å². The highest BCUT2D eigenvalue weighted by atomic mass is 32.2. The normalized spacial score (nSPS) is 23.1. The summed E-state index contributed by atoms with van der Waals surface area (Å²) in [6.07, 6.45) is 18.1. The van der Waals surface area contributed by atoms with Gasteiger partial charge in [-0.1, -0.05) is 94.0 Å². The molecular formula is C79H114N11O11S3+5. The Morgan fingerprint density at radius 2 is 1.07 bits per heavy atom. The van der Waals surface area contributed by atoms with Crippen molar-refractivity contribution < 1.29 is 71.5 Å². The molecule has 4 aromatic rings. The van der Waals surface area contributed by atoms with Gasteiger partial charge in [0.2, 0.25) is 43.5 Å². The molecule has 0 atom stereocenters. The van der Waals surface area contributed by atoms with E-state index in [-0.39, 0.29) is 105 Å². The van der Waals surface area contributed by atoms with Crippen molar-refractivity contribution in [1.82, 2.24) is 19.2 Å². The van der Waals surface area contributed by atoms with E-state index in [1.165, 1.54) is 136 Å². The number of nitrogens with zero attached hydrogens (tertiary/aromatic N) is 8. The first-order chi connectivity index (χ1) is 49.2. The Labute approximate surface area is 619 Å². The van der Waals surface area contributed by atoms with Gasteiger partial charge in [0.05, 0.1) is 61.2 Å². The van der Waals surface area contributed by atoms with Gasteiger partial charge in [-0.2, -0.15) is 13.0 Å². The van der Waals surface area contributed by atoms with Crippen molar-refractivity contribution in [2.45, 2.75) is 119 Å². The molecule has 0 spiro atoms. The molecule has 4 N–H and O–H groups in total. The van der Waals surface area contributed by atoms with Crippen LogP contribution in [0, 0.1) is 0 Å². The lowest BCUT2D eigenvalue weighted by Crippen LogP contribution is -2.73. The Kier molecular flexibility index (Phi) is 25.2. The lowest BCUT2D eigenvalue weighted by Gasteiger charge is -2.54. The number of carbonyl (C=O) groups excluding carboxylic acids is 4. The van der Waals surface area contributed by atoms with Crippen molar-refractivity contribution in [2.24, 2.45) is 0 Å². The molecule has 0 unspecified atom stereocenters. The fourth-order valence-corrected chi connectivity index (χ4v) is 18.9. The number of Topliss-reactive ketones (excluding diaryl/α,β-unsaturated/α-hetero) is 1. The second-order valence-electron chi connectivity index (χ2n) is 31.7. The van der Waals surface area contributed by atoms with Gasteiger partial charge in [0, 0.05) is 112 Å². The van der Waals surface area contributed by atoms with E-state index in [0.29, 0.717) is 16.9 Å². The van der Waals surface area contributed by atoms with Crippen LogP contribution in [0.5, 0.6) is 0 Å². The van der Waals surface area contributed by atoms with E-state index in [9.17, 15) is 49.0 Å². The summed E-state index contributed by atoms with van der Waals surface area (Å²) in [4.78, 5) is 54.0. The van der Waals surface area contributed by atoms with Gasteiger partial charge >= 0.3 is 0 Å². The van der Waals surface area contributed by atoms with Crippen molar-refractivity contribution in [3.8, 4) is 0 Å². The molecule has 6 fully saturated rings. The number of rotatable bonds is 36. The number of allylic oxidation sites excluding steroid dienone is 8. The standard InChI is InChI=1S/C79H110N11O11S3/c1-10-11-40-85-71-34-32-67(103(98,99)83(6)38-17-22-75(92)80-60-66(91)57-64-26-24-62(25-27-64)36-42-89-50-44-87(8,45-51-89)46-52-89)58-69(71)78(2,3)73(85)20-15-13-12-14-16-21-74-79(4,5)70-59-68(33-35-72(70)86(74)41-19-56-102(95,96)97)104(100,101)84(7)39-18-23-76(93)81-61-77(94)82-65-30-28-63(29-31-65)37-43-90-53-47-88(9,48-54-90)49-55-90/h12-16,20-21,24-35,58-59H,10-11,17-19,22-23,36-57,60-61H2,1-9H3/q+1/p+4. The Balaban J connectivity index is 0.691. The van der Waals surface area contributed by atoms with Crippen LogP contribution in [-0.2, 0) is 79.4 Å². The fraction of sp³-hybridized carbons (Fsp3) is 0.532. The molecule has 0 aromatic heterocycles. The lowest BCUT2D eigenvalue weighted by molar-refractivity contribution is -1.07. The van der Waals surface area contributed by atoms with Crippen LogP contribution < -0.4 is 20.9 Å². The first-order valence-corrected chi connectivity index (χ1v) is 41.9. The predicted molar refractivity (Wildman–Crippen MR) is 410 cm³/mol. The molecule has 8 aliphatic heterocycles. The summed E-state index contributed by atoms with van der Waals surface area (Å²) in [5.41, 5.74) is 7.71. The van der Waals surface area contributed by atoms with Crippen LogP contribution in [0.15, 0.2) is 143 Å². The Hall–Kier alpha value is -7.04. The van der Waals surface area contributed by atoms with Gasteiger partial charge in [-0.3, -0.25) is 23.7 Å². The fourth-order valence-electron chi connectivity index (χ4n) is 15.9. The van der Waals surface area contributed by atoms with E-state index in [1.54, 1.807) is 24.3 Å². The highest BCUT2D eigenvalue weighted by Gasteiger charge is 2.49. The number of nitrogens with one attached hydrogen (secondary N) is 3. The number of piperazine rings is 6. The summed E-state index contributed by atoms with van der Waals surface area (Å²) in [7, 11) is -4.53.